The Bertz CT molecular complexity index is 622. The molecule has 1 fully saturated rings. The number of carbonyl (C=O) groups excluding carboxylic acids is 2. The van der Waals surface area contributed by atoms with E-state index in [0.717, 1.165) is 29.7 Å². The number of amides is 3. The van der Waals surface area contributed by atoms with Gasteiger partial charge in [-0.1, -0.05) is 19.9 Å². The third kappa shape index (κ3) is 4.87. The summed E-state index contributed by atoms with van der Waals surface area (Å²) in [6, 6.07) is 5.72. The highest BCUT2D eigenvalue weighted by Gasteiger charge is 2.25. The molecule has 0 radical (unpaired) electrons. The number of likely N-dealkylation sites (tertiary alicyclic amines) is 1. The van der Waals surface area contributed by atoms with Gasteiger partial charge >= 0.3 is 6.03 Å². The maximum atomic E-state index is 12.9. The minimum atomic E-state index is -0.501. The molecule has 4 N–H and O–H groups in total. The van der Waals surface area contributed by atoms with Gasteiger partial charge < -0.3 is 21.3 Å². The van der Waals surface area contributed by atoms with Crippen molar-refractivity contribution in [2.75, 3.05) is 18.4 Å². The summed E-state index contributed by atoms with van der Waals surface area (Å²) in [7, 11) is 0. The molecule has 0 aromatic heterocycles. The van der Waals surface area contributed by atoms with Crippen LogP contribution in [0, 0.1) is 12.8 Å². The van der Waals surface area contributed by atoms with Gasteiger partial charge in [0.15, 0.2) is 0 Å². The van der Waals surface area contributed by atoms with Crippen molar-refractivity contribution in [3.63, 3.8) is 0 Å². The van der Waals surface area contributed by atoms with E-state index in [9.17, 15) is 9.59 Å². The lowest BCUT2D eigenvalue weighted by molar-refractivity contribution is 0.0708. The van der Waals surface area contributed by atoms with Crippen LogP contribution in [0.4, 0.5) is 10.5 Å². The molecule has 6 heteroatoms. The Morgan fingerprint density at radius 3 is 2.40 bits per heavy atom. The number of nitrogens with zero attached hydrogens (tertiary/aromatic N) is 1. The van der Waals surface area contributed by atoms with E-state index < -0.39 is 6.03 Å². The summed E-state index contributed by atoms with van der Waals surface area (Å²) >= 11 is 0. The van der Waals surface area contributed by atoms with Gasteiger partial charge in [-0.3, -0.25) is 4.79 Å². The SMILES string of the molecule is Cc1c(NC(C)C(C)C)cccc1C(=O)N1CCC(NC(N)=O)CC1. The molecule has 1 atom stereocenters. The Morgan fingerprint density at radius 1 is 1.20 bits per heavy atom. The molecule has 0 bridgehead atoms. The van der Waals surface area contributed by atoms with Gasteiger partial charge in [0.2, 0.25) is 0 Å². The van der Waals surface area contributed by atoms with E-state index in [2.05, 4.69) is 31.4 Å². The predicted molar refractivity (Wildman–Crippen MR) is 101 cm³/mol. The largest absolute Gasteiger partial charge is 0.382 e. The summed E-state index contributed by atoms with van der Waals surface area (Å²) in [5.74, 6) is 0.561. The Labute approximate surface area is 150 Å². The van der Waals surface area contributed by atoms with E-state index in [1.54, 1.807) is 0 Å². The number of nitrogens with one attached hydrogen (secondary N) is 2. The number of urea groups is 1. The molecule has 0 aliphatic carbocycles. The number of nitrogens with two attached hydrogens (primary N) is 1. The maximum absolute atomic E-state index is 12.9. The number of rotatable bonds is 5. The van der Waals surface area contributed by atoms with Crippen molar-refractivity contribution in [3.05, 3.63) is 29.3 Å². The zero-order valence-electron chi connectivity index (χ0n) is 15.6. The van der Waals surface area contributed by atoms with Crippen LogP contribution in [-0.2, 0) is 0 Å². The highest BCUT2D eigenvalue weighted by Crippen LogP contribution is 2.23. The van der Waals surface area contributed by atoms with Crippen LogP contribution in [-0.4, -0.2) is 42.0 Å². The third-order valence-electron chi connectivity index (χ3n) is 5.08. The van der Waals surface area contributed by atoms with Crippen LogP contribution in [0.5, 0.6) is 0 Å². The van der Waals surface area contributed by atoms with Gasteiger partial charge in [0.1, 0.15) is 0 Å². The standard InChI is InChI=1S/C19H30N4O2/c1-12(2)14(4)21-17-7-5-6-16(13(17)3)18(24)23-10-8-15(9-11-23)22-19(20)25/h5-7,12,14-15,21H,8-11H2,1-4H3,(H3,20,22,25). The summed E-state index contributed by atoms with van der Waals surface area (Å²) in [5.41, 5.74) is 7.90. The molecule has 0 spiro atoms. The molecule has 1 aromatic rings. The van der Waals surface area contributed by atoms with Gasteiger partial charge in [-0.2, -0.15) is 0 Å². The van der Waals surface area contributed by atoms with Crippen LogP contribution in [0.2, 0.25) is 0 Å². The highest BCUT2D eigenvalue weighted by atomic mass is 16.2. The van der Waals surface area contributed by atoms with E-state index in [0.29, 0.717) is 25.0 Å². The van der Waals surface area contributed by atoms with Gasteiger partial charge in [-0.15, -0.1) is 0 Å². The van der Waals surface area contributed by atoms with E-state index in [4.69, 9.17) is 5.73 Å². The molecule has 25 heavy (non-hydrogen) atoms. The number of anilines is 1. The zero-order chi connectivity index (χ0) is 18.6. The Balaban J connectivity index is 2.06. The first-order valence-corrected chi connectivity index (χ1v) is 9.01. The first kappa shape index (κ1) is 19.1. The molecular weight excluding hydrogens is 316 g/mol. The lowest BCUT2D eigenvalue weighted by Crippen LogP contribution is -2.48. The van der Waals surface area contributed by atoms with Crippen molar-refractivity contribution in [3.8, 4) is 0 Å². The molecule has 138 valence electrons. The smallest absolute Gasteiger partial charge is 0.312 e. The lowest BCUT2D eigenvalue weighted by atomic mass is 10.0. The maximum Gasteiger partial charge on any atom is 0.312 e. The minimum absolute atomic E-state index is 0.0517. The summed E-state index contributed by atoms with van der Waals surface area (Å²) in [4.78, 5) is 25.7. The van der Waals surface area contributed by atoms with Crippen molar-refractivity contribution < 1.29 is 9.59 Å². The van der Waals surface area contributed by atoms with E-state index >= 15 is 0 Å². The lowest BCUT2D eigenvalue weighted by Gasteiger charge is -2.32. The van der Waals surface area contributed by atoms with E-state index in [-0.39, 0.29) is 11.9 Å². The van der Waals surface area contributed by atoms with Gasteiger partial charge in [0.25, 0.3) is 5.91 Å². The topological polar surface area (TPSA) is 87.5 Å². The average molecular weight is 346 g/mol. The summed E-state index contributed by atoms with van der Waals surface area (Å²) in [6.45, 7) is 9.74. The summed E-state index contributed by atoms with van der Waals surface area (Å²) < 4.78 is 0. The number of carbonyl (C=O) groups is 2. The highest BCUT2D eigenvalue weighted by molar-refractivity contribution is 5.97. The van der Waals surface area contributed by atoms with Gasteiger partial charge in [-0.25, -0.2) is 4.79 Å². The molecule has 3 amide bonds. The number of piperidine rings is 1. The molecular formula is C19H30N4O2. The van der Waals surface area contributed by atoms with Crippen LogP contribution in [0.15, 0.2) is 18.2 Å². The number of benzene rings is 1. The monoisotopic (exact) mass is 346 g/mol. The van der Waals surface area contributed by atoms with Crippen LogP contribution in [0.25, 0.3) is 0 Å². The summed E-state index contributed by atoms with van der Waals surface area (Å²) in [5, 5.41) is 6.23. The van der Waals surface area contributed by atoms with Crippen molar-refractivity contribution in [2.45, 2.75) is 52.6 Å². The predicted octanol–water partition coefficient (Wildman–Crippen LogP) is 2.72. The number of primary amides is 1. The van der Waals surface area contributed by atoms with Gasteiger partial charge in [0, 0.05) is 36.4 Å². The quantitative estimate of drug-likeness (QED) is 0.766. The fourth-order valence-electron chi connectivity index (χ4n) is 3.03. The molecule has 1 heterocycles. The van der Waals surface area contributed by atoms with Crippen LogP contribution in [0.1, 0.15) is 49.5 Å². The number of hydrogen-bond acceptors (Lipinski definition) is 3. The van der Waals surface area contributed by atoms with Gasteiger partial charge in [0.05, 0.1) is 0 Å². The molecule has 1 unspecified atom stereocenters. The third-order valence-corrected chi connectivity index (χ3v) is 5.08. The normalized spacial score (nSPS) is 16.6. The molecule has 1 aliphatic rings. The Hall–Kier alpha value is -2.24. The van der Waals surface area contributed by atoms with Crippen molar-refractivity contribution in [1.29, 1.82) is 0 Å². The second-order valence-electron chi connectivity index (χ2n) is 7.23. The van der Waals surface area contributed by atoms with Crippen LogP contribution in [0.3, 0.4) is 0 Å². The van der Waals surface area contributed by atoms with Gasteiger partial charge in [-0.05, 0) is 50.3 Å². The minimum Gasteiger partial charge on any atom is -0.382 e. The zero-order valence-corrected chi connectivity index (χ0v) is 15.6. The molecule has 1 aromatic carbocycles. The first-order valence-electron chi connectivity index (χ1n) is 9.01. The Morgan fingerprint density at radius 2 is 1.84 bits per heavy atom. The first-order chi connectivity index (χ1) is 11.8. The molecule has 2 rings (SSSR count). The summed E-state index contributed by atoms with van der Waals surface area (Å²) in [6.07, 6.45) is 1.46. The Kier molecular flexibility index (Phi) is 6.28. The molecule has 6 nitrogen and oxygen atoms in total. The second kappa shape index (κ2) is 8.23. The fourth-order valence-corrected chi connectivity index (χ4v) is 3.03. The number of hydrogen-bond donors (Lipinski definition) is 3. The van der Waals surface area contributed by atoms with E-state index in [1.165, 1.54) is 0 Å². The van der Waals surface area contributed by atoms with E-state index in [1.807, 2.05) is 30.0 Å². The molecule has 1 aliphatic heterocycles. The second-order valence-corrected chi connectivity index (χ2v) is 7.23. The fraction of sp³-hybridized carbons (Fsp3) is 0.579. The van der Waals surface area contributed by atoms with Crippen molar-refractivity contribution >= 4 is 17.6 Å². The van der Waals surface area contributed by atoms with Crippen LogP contribution >= 0.6 is 0 Å². The average Bonchev–Trinajstić information content (AvgIpc) is 2.56. The van der Waals surface area contributed by atoms with Crippen molar-refractivity contribution in [2.24, 2.45) is 11.7 Å². The molecule has 1 saturated heterocycles. The van der Waals surface area contributed by atoms with Crippen LogP contribution < -0.4 is 16.4 Å². The van der Waals surface area contributed by atoms with Crippen molar-refractivity contribution in [1.82, 2.24) is 10.2 Å². The molecule has 0 saturated carbocycles.